The number of aromatic nitrogens is 3. The third-order valence-electron chi connectivity index (χ3n) is 3.68. The van der Waals surface area contributed by atoms with Gasteiger partial charge in [0.1, 0.15) is 0 Å². The van der Waals surface area contributed by atoms with E-state index in [2.05, 4.69) is 22.3 Å². The Bertz CT molecular complexity index is 591. The second-order valence-electron chi connectivity index (χ2n) is 5.41. The molecule has 0 radical (unpaired) electrons. The standard InChI is InChI=1S/C15H24N4O2/c1-10-7-15-16-8-14(12(3)19(15)18-10)11(2)17-13(5-6-20)9-21-4/h7-8,11,13,17,20H,5-6,9H2,1-4H3. The number of nitrogens with one attached hydrogen (secondary N) is 1. The summed E-state index contributed by atoms with van der Waals surface area (Å²) in [7, 11) is 1.67. The molecule has 0 amide bonds. The minimum absolute atomic E-state index is 0.109. The highest BCUT2D eigenvalue weighted by atomic mass is 16.5. The van der Waals surface area contributed by atoms with Gasteiger partial charge in [0.2, 0.25) is 0 Å². The molecule has 0 fully saturated rings. The maximum atomic E-state index is 9.12. The van der Waals surface area contributed by atoms with Gasteiger partial charge in [-0.25, -0.2) is 9.50 Å². The molecule has 2 aromatic heterocycles. The molecule has 0 aliphatic heterocycles. The SMILES string of the molecule is COCC(CCO)NC(C)c1cnc2cc(C)nn2c1C. The molecule has 116 valence electrons. The Morgan fingerprint density at radius 2 is 2.19 bits per heavy atom. The third-order valence-corrected chi connectivity index (χ3v) is 3.68. The van der Waals surface area contributed by atoms with Gasteiger partial charge in [0.15, 0.2) is 5.65 Å². The van der Waals surface area contributed by atoms with E-state index in [0.29, 0.717) is 13.0 Å². The lowest BCUT2D eigenvalue weighted by Crippen LogP contribution is -2.36. The maximum Gasteiger partial charge on any atom is 0.155 e. The van der Waals surface area contributed by atoms with Crippen LogP contribution in [0.15, 0.2) is 12.3 Å². The number of fused-ring (bicyclic) bond motifs is 1. The molecule has 0 saturated heterocycles. The number of nitrogens with zero attached hydrogens (tertiary/aromatic N) is 3. The number of aryl methyl sites for hydroxylation is 2. The van der Waals surface area contributed by atoms with E-state index in [4.69, 9.17) is 9.84 Å². The van der Waals surface area contributed by atoms with E-state index in [1.807, 2.05) is 30.6 Å². The summed E-state index contributed by atoms with van der Waals surface area (Å²) in [6, 6.07) is 2.19. The van der Waals surface area contributed by atoms with Crippen LogP contribution < -0.4 is 5.32 Å². The highest BCUT2D eigenvalue weighted by molar-refractivity contribution is 5.42. The van der Waals surface area contributed by atoms with Gasteiger partial charge in [-0.2, -0.15) is 5.10 Å². The summed E-state index contributed by atoms with van der Waals surface area (Å²) >= 11 is 0. The van der Waals surface area contributed by atoms with Crippen LogP contribution >= 0.6 is 0 Å². The maximum absolute atomic E-state index is 9.12. The van der Waals surface area contributed by atoms with Crippen LogP contribution in [0.5, 0.6) is 0 Å². The van der Waals surface area contributed by atoms with Gasteiger partial charge in [0.05, 0.1) is 12.3 Å². The zero-order valence-electron chi connectivity index (χ0n) is 13.1. The van der Waals surface area contributed by atoms with Crippen LogP contribution in [-0.2, 0) is 4.74 Å². The van der Waals surface area contributed by atoms with Gasteiger partial charge in [-0.05, 0) is 27.2 Å². The van der Waals surface area contributed by atoms with Crippen LogP contribution in [0.25, 0.3) is 5.65 Å². The van der Waals surface area contributed by atoms with Gasteiger partial charge in [0.25, 0.3) is 0 Å². The van der Waals surface area contributed by atoms with Gasteiger partial charge in [-0.3, -0.25) is 0 Å². The molecule has 6 nitrogen and oxygen atoms in total. The summed E-state index contributed by atoms with van der Waals surface area (Å²) in [5.41, 5.74) is 4.00. The average molecular weight is 292 g/mol. The van der Waals surface area contributed by atoms with E-state index in [9.17, 15) is 0 Å². The molecule has 0 saturated carbocycles. The minimum Gasteiger partial charge on any atom is -0.396 e. The molecule has 0 aliphatic carbocycles. The second-order valence-corrected chi connectivity index (χ2v) is 5.41. The molecular weight excluding hydrogens is 268 g/mol. The summed E-state index contributed by atoms with van der Waals surface area (Å²) in [6.45, 7) is 6.81. The summed E-state index contributed by atoms with van der Waals surface area (Å²) in [5.74, 6) is 0. The van der Waals surface area contributed by atoms with Gasteiger partial charge in [0, 0.05) is 49.3 Å². The Kier molecular flexibility index (Phi) is 5.27. The Balaban J connectivity index is 2.21. The predicted octanol–water partition coefficient (Wildman–Crippen LogP) is 1.39. The Morgan fingerprint density at radius 3 is 2.86 bits per heavy atom. The van der Waals surface area contributed by atoms with Crippen LogP contribution in [0, 0.1) is 13.8 Å². The molecule has 2 aromatic rings. The topological polar surface area (TPSA) is 71.7 Å². The minimum atomic E-state index is 0.109. The van der Waals surface area contributed by atoms with Crippen LogP contribution in [0.2, 0.25) is 0 Å². The Labute approximate surface area is 125 Å². The van der Waals surface area contributed by atoms with Gasteiger partial charge < -0.3 is 15.2 Å². The number of rotatable bonds is 7. The van der Waals surface area contributed by atoms with Gasteiger partial charge >= 0.3 is 0 Å². The third kappa shape index (κ3) is 3.58. The van der Waals surface area contributed by atoms with Crippen molar-refractivity contribution in [3.63, 3.8) is 0 Å². The first-order valence-corrected chi connectivity index (χ1v) is 7.24. The van der Waals surface area contributed by atoms with Crippen molar-refractivity contribution in [2.45, 2.75) is 39.3 Å². The van der Waals surface area contributed by atoms with Crippen LogP contribution in [0.1, 0.15) is 36.3 Å². The van der Waals surface area contributed by atoms with Crippen LogP contribution in [0.3, 0.4) is 0 Å². The van der Waals surface area contributed by atoms with Crippen molar-refractivity contribution in [2.75, 3.05) is 20.3 Å². The molecule has 6 heteroatoms. The van der Waals surface area contributed by atoms with Crippen molar-refractivity contribution in [1.82, 2.24) is 19.9 Å². The van der Waals surface area contributed by atoms with E-state index < -0.39 is 0 Å². The number of methoxy groups -OCH3 is 1. The van der Waals surface area contributed by atoms with Gasteiger partial charge in [-0.15, -0.1) is 0 Å². The number of hydrogen-bond acceptors (Lipinski definition) is 5. The first-order valence-electron chi connectivity index (χ1n) is 7.24. The quantitative estimate of drug-likeness (QED) is 0.807. The molecule has 2 heterocycles. The zero-order chi connectivity index (χ0) is 15.4. The molecule has 0 aliphatic rings. The highest BCUT2D eigenvalue weighted by Gasteiger charge is 2.17. The van der Waals surface area contributed by atoms with E-state index >= 15 is 0 Å². The fraction of sp³-hybridized carbons (Fsp3) is 0.600. The normalized spacial score (nSPS) is 14.5. The molecule has 2 N–H and O–H groups in total. The fourth-order valence-electron chi connectivity index (χ4n) is 2.62. The lowest BCUT2D eigenvalue weighted by molar-refractivity contribution is 0.143. The molecule has 0 aromatic carbocycles. The summed E-state index contributed by atoms with van der Waals surface area (Å²) in [6.07, 6.45) is 2.56. The predicted molar refractivity (Wildman–Crippen MR) is 81.4 cm³/mol. The van der Waals surface area contributed by atoms with Crippen molar-refractivity contribution in [3.8, 4) is 0 Å². The molecule has 2 unspecified atom stereocenters. The molecule has 2 atom stereocenters. The molecule has 21 heavy (non-hydrogen) atoms. The van der Waals surface area contributed by atoms with E-state index in [-0.39, 0.29) is 18.7 Å². The lowest BCUT2D eigenvalue weighted by Gasteiger charge is -2.23. The Hall–Kier alpha value is -1.50. The molecule has 2 rings (SSSR count). The summed E-state index contributed by atoms with van der Waals surface area (Å²) in [5, 5.41) is 17.1. The van der Waals surface area contributed by atoms with Crippen molar-refractivity contribution in [1.29, 1.82) is 0 Å². The lowest BCUT2D eigenvalue weighted by atomic mass is 10.1. The summed E-state index contributed by atoms with van der Waals surface area (Å²) < 4.78 is 7.07. The number of aliphatic hydroxyl groups is 1. The number of aliphatic hydroxyl groups excluding tert-OH is 1. The fourth-order valence-corrected chi connectivity index (χ4v) is 2.62. The Morgan fingerprint density at radius 1 is 1.43 bits per heavy atom. The van der Waals surface area contributed by atoms with Crippen molar-refractivity contribution in [3.05, 3.63) is 29.2 Å². The van der Waals surface area contributed by atoms with Crippen molar-refractivity contribution >= 4 is 5.65 Å². The van der Waals surface area contributed by atoms with Gasteiger partial charge in [-0.1, -0.05) is 0 Å². The van der Waals surface area contributed by atoms with E-state index in [1.165, 1.54) is 0 Å². The molecular formula is C15H24N4O2. The highest BCUT2D eigenvalue weighted by Crippen LogP contribution is 2.19. The van der Waals surface area contributed by atoms with Crippen molar-refractivity contribution in [2.24, 2.45) is 0 Å². The van der Waals surface area contributed by atoms with Crippen molar-refractivity contribution < 1.29 is 9.84 Å². The summed E-state index contributed by atoms with van der Waals surface area (Å²) in [4.78, 5) is 4.46. The van der Waals surface area contributed by atoms with Crippen LogP contribution in [-0.4, -0.2) is 46.1 Å². The second kappa shape index (κ2) is 6.98. The average Bonchev–Trinajstić information content (AvgIpc) is 2.81. The molecule has 0 spiro atoms. The largest absolute Gasteiger partial charge is 0.396 e. The molecule has 0 bridgehead atoms. The first-order chi connectivity index (χ1) is 10.1. The number of ether oxygens (including phenoxy) is 1. The monoisotopic (exact) mass is 292 g/mol. The van der Waals surface area contributed by atoms with Crippen LogP contribution in [0.4, 0.5) is 0 Å². The van der Waals surface area contributed by atoms with E-state index in [1.54, 1.807) is 7.11 Å². The zero-order valence-corrected chi connectivity index (χ0v) is 13.1. The smallest absolute Gasteiger partial charge is 0.155 e. The first kappa shape index (κ1) is 15.9. The number of hydrogen-bond donors (Lipinski definition) is 2. The van der Waals surface area contributed by atoms with E-state index in [0.717, 1.165) is 22.6 Å².